The number of halogens is 1. The van der Waals surface area contributed by atoms with Crippen molar-refractivity contribution in [3.8, 4) is 6.07 Å². The molecule has 1 aliphatic carbocycles. The first kappa shape index (κ1) is 14.1. The van der Waals surface area contributed by atoms with Gasteiger partial charge in [-0.2, -0.15) is 9.64 Å². The van der Waals surface area contributed by atoms with Crippen molar-refractivity contribution in [1.29, 1.82) is 5.26 Å². The van der Waals surface area contributed by atoms with Crippen molar-refractivity contribution in [2.24, 2.45) is 0 Å². The second-order valence-corrected chi connectivity index (χ2v) is 6.85. The summed E-state index contributed by atoms with van der Waals surface area (Å²) < 4.78 is 10.1. The van der Waals surface area contributed by atoms with Gasteiger partial charge in [0.1, 0.15) is 16.6 Å². The van der Waals surface area contributed by atoms with Crippen LogP contribution in [-0.4, -0.2) is 22.6 Å². The Morgan fingerprint density at radius 2 is 2.20 bits per heavy atom. The van der Waals surface area contributed by atoms with E-state index in [4.69, 9.17) is 21.6 Å². The fourth-order valence-corrected chi connectivity index (χ4v) is 4.36. The van der Waals surface area contributed by atoms with Crippen LogP contribution in [0.5, 0.6) is 0 Å². The van der Waals surface area contributed by atoms with Crippen LogP contribution in [0.25, 0.3) is 0 Å². The fraction of sp³-hybridized carbons (Fsp3) is 0.714. The molecular weight excluding hydrogens is 294 g/mol. The number of aromatic nitrogens is 1. The predicted octanol–water partition coefficient (Wildman–Crippen LogP) is 3.96. The molecule has 0 radical (unpaired) electrons. The number of anilines is 1. The maximum Gasteiger partial charge on any atom is 0.162 e. The Morgan fingerprint density at radius 1 is 1.40 bits per heavy atom. The van der Waals surface area contributed by atoms with Crippen molar-refractivity contribution in [2.45, 2.75) is 56.6 Å². The minimum atomic E-state index is 0.0649. The topological polar surface area (TPSA) is 57.9 Å². The average molecular weight is 312 g/mol. The summed E-state index contributed by atoms with van der Waals surface area (Å²) in [4.78, 5) is 0. The summed E-state index contributed by atoms with van der Waals surface area (Å²) in [6.45, 7) is 0.798. The highest BCUT2D eigenvalue weighted by Gasteiger charge is 2.38. The van der Waals surface area contributed by atoms with Gasteiger partial charge in [0, 0.05) is 12.6 Å². The lowest BCUT2D eigenvalue weighted by atomic mass is 9.78. The van der Waals surface area contributed by atoms with Crippen LogP contribution >= 0.6 is 23.1 Å². The van der Waals surface area contributed by atoms with Gasteiger partial charge >= 0.3 is 0 Å². The molecule has 0 amide bonds. The van der Waals surface area contributed by atoms with E-state index >= 15 is 0 Å². The molecule has 1 atom stereocenters. The molecule has 1 saturated carbocycles. The third-order valence-electron chi connectivity index (χ3n) is 4.36. The third kappa shape index (κ3) is 2.78. The zero-order valence-corrected chi connectivity index (χ0v) is 12.9. The van der Waals surface area contributed by atoms with Crippen LogP contribution in [0.1, 0.15) is 50.5 Å². The third-order valence-corrected chi connectivity index (χ3v) is 5.51. The van der Waals surface area contributed by atoms with Crippen LogP contribution in [0.2, 0.25) is 5.15 Å². The van der Waals surface area contributed by atoms with E-state index in [1.807, 2.05) is 0 Å². The second-order valence-electron chi connectivity index (χ2n) is 5.72. The van der Waals surface area contributed by atoms with E-state index < -0.39 is 0 Å². The van der Waals surface area contributed by atoms with Crippen LogP contribution in [0.4, 0.5) is 5.00 Å². The largest absolute Gasteiger partial charge is 0.375 e. The molecule has 1 spiro atoms. The highest BCUT2D eigenvalue weighted by Crippen LogP contribution is 2.40. The average Bonchev–Trinajstić information content (AvgIpc) is 2.80. The van der Waals surface area contributed by atoms with E-state index in [1.54, 1.807) is 0 Å². The van der Waals surface area contributed by atoms with Gasteiger partial charge in [-0.15, -0.1) is 0 Å². The number of rotatable bonds is 2. The molecular formula is C14H18ClN3OS. The molecule has 20 heavy (non-hydrogen) atoms. The summed E-state index contributed by atoms with van der Waals surface area (Å²) in [6, 6.07) is 2.48. The molecule has 1 aliphatic heterocycles. The molecule has 1 unspecified atom stereocenters. The minimum Gasteiger partial charge on any atom is -0.375 e. The second kappa shape index (κ2) is 5.88. The SMILES string of the molecule is N#Cc1c(Cl)nsc1NC1CCOC2(CCCCC2)C1. The van der Waals surface area contributed by atoms with E-state index in [0.29, 0.717) is 16.8 Å². The van der Waals surface area contributed by atoms with Crippen molar-refractivity contribution in [3.63, 3.8) is 0 Å². The fourth-order valence-electron chi connectivity index (χ4n) is 3.35. The normalized spacial score (nSPS) is 25.3. The van der Waals surface area contributed by atoms with Crippen molar-refractivity contribution in [1.82, 2.24) is 4.37 Å². The highest BCUT2D eigenvalue weighted by molar-refractivity contribution is 7.10. The number of hydrogen-bond acceptors (Lipinski definition) is 5. The number of nitrogens with one attached hydrogen (secondary N) is 1. The van der Waals surface area contributed by atoms with Crippen LogP contribution in [0.3, 0.4) is 0 Å². The number of nitriles is 1. The van der Waals surface area contributed by atoms with Gasteiger partial charge in [0.15, 0.2) is 5.15 Å². The lowest BCUT2D eigenvalue weighted by molar-refractivity contribution is -0.103. The Balaban J connectivity index is 1.70. The van der Waals surface area contributed by atoms with E-state index in [2.05, 4.69) is 15.8 Å². The minimum absolute atomic E-state index is 0.0649. The molecule has 1 N–H and O–H groups in total. The lowest BCUT2D eigenvalue weighted by Crippen LogP contribution is -2.45. The summed E-state index contributed by atoms with van der Waals surface area (Å²) in [5.41, 5.74) is 0.538. The predicted molar refractivity (Wildman–Crippen MR) is 80.3 cm³/mol. The number of hydrogen-bond donors (Lipinski definition) is 1. The summed E-state index contributed by atoms with van der Waals surface area (Å²) >= 11 is 7.19. The van der Waals surface area contributed by atoms with Gasteiger partial charge in [-0.25, -0.2) is 0 Å². The van der Waals surface area contributed by atoms with Crippen LogP contribution in [0, 0.1) is 11.3 Å². The number of ether oxygens (including phenoxy) is 1. The molecule has 2 aliphatic rings. The molecule has 1 saturated heterocycles. The Kier molecular flexibility index (Phi) is 4.16. The lowest BCUT2D eigenvalue weighted by Gasteiger charge is -2.43. The summed E-state index contributed by atoms with van der Waals surface area (Å²) in [6.07, 6.45) is 8.19. The van der Waals surface area contributed by atoms with Crippen LogP contribution in [-0.2, 0) is 4.74 Å². The van der Waals surface area contributed by atoms with Crippen molar-refractivity contribution in [3.05, 3.63) is 10.7 Å². The molecule has 1 aromatic rings. The molecule has 2 fully saturated rings. The number of nitrogens with zero attached hydrogens (tertiary/aromatic N) is 2. The van der Waals surface area contributed by atoms with Crippen LogP contribution < -0.4 is 5.32 Å². The summed E-state index contributed by atoms with van der Waals surface area (Å²) in [7, 11) is 0. The van der Waals surface area contributed by atoms with Gasteiger partial charge in [-0.3, -0.25) is 0 Å². The van der Waals surface area contributed by atoms with Gasteiger partial charge in [0.25, 0.3) is 0 Å². The van der Waals surface area contributed by atoms with Crippen LogP contribution in [0.15, 0.2) is 0 Å². The van der Waals surface area contributed by atoms with E-state index in [-0.39, 0.29) is 5.60 Å². The Labute approximate surface area is 128 Å². The van der Waals surface area contributed by atoms with Crippen molar-refractivity contribution < 1.29 is 4.74 Å². The molecule has 0 aromatic carbocycles. The highest BCUT2D eigenvalue weighted by atomic mass is 35.5. The molecule has 3 rings (SSSR count). The molecule has 1 aromatic heterocycles. The maximum atomic E-state index is 9.13. The first-order valence-electron chi connectivity index (χ1n) is 7.18. The Hall–Kier alpha value is -0.830. The van der Waals surface area contributed by atoms with Gasteiger partial charge in [0.05, 0.1) is 5.60 Å². The summed E-state index contributed by atoms with van der Waals surface area (Å²) in [5, 5.41) is 13.7. The summed E-state index contributed by atoms with van der Waals surface area (Å²) in [5.74, 6) is 0. The monoisotopic (exact) mass is 311 g/mol. The molecule has 108 valence electrons. The quantitative estimate of drug-likeness (QED) is 0.898. The Morgan fingerprint density at radius 3 is 2.95 bits per heavy atom. The van der Waals surface area contributed by atoms with Gasteiger partial charge < -0.3 is 10.1 Å². The molecule has 2 heterocycles. The van der Waals surface area contributed by atoms with E-state index in [0.717, 1.165) is 24.4 Å². The standard InChI is InChI=1S/C14H18ClN3OS/c15-12-11(9-16)13(20-18-12)17-10-4-7-19-14(8-10)5-2-1-3-6-14/h10,17H,1-8H2. The molecule has 6 heteroatoms. The first-order valence-corrected chi connectivity index (χ1v) is 8.33. The molecule has 4 nitrogen and oxygen atoms in total. The zero-order valence-electron chi connectivity index (χ0n) is 11.3. The van der Waals surface area contributed by atoms with E-state index in [9.17, 15) is 0 Å². The van der Waals surface area contributed by atoms with Crippen molar-refractivity contribution in [2.75, 3.05) is 11.9 Å². The smallest absolute Gasteiger partial charge is 0.162 e. The molecule has 0 bridgehead atoms. The van der Waals surface area contributed by atoms with Gasteiger partial charge in [-0.1, -0.05) is 30.9 Å². The maximum absolute atomic E-state index is 9.13. The van der Waals surface area contributed by atoms with Gasteiger partial charge in [-0.05, 0) is 37.2 Å². The Bertz CT molecular complexity index is 513. The zero-order chi connectivity index (χ0) is 14.0. The first-order chi connectivity index (χ1) is 9.72. The van der Waals surface area contributed by atoms with Gasteiger partial charge in [0.2, 0.25) is 0 Å². The van der Waals surface area contributed by atoms with Crippen molar-refractivity contribution >= 4 is 28.1 Å². The van der Waals surface area contributed by atoms with E-state index in [1.165, 1.54) is 43.6 Å².